The molecule has 2 aromatic rings. The van der Waals surface area contributed by atoms with Crippen molar-refractivity contribution in [1.82, 2.24) is 10.2 Å². The van der Waals surface area contributed by atoms with Crippen molar-refractivity contribution in [1.29, 1.82) is 0 Å². The van der Waals surface area contributed by atoms with E-state index >= 15 is 0 Å². The standard InChI is InChI=1S/C27H37ClN4O2/c1-19(2)34-25-10-5-4-9-24(25)32-17-15-31(16-18-32)22-13-11-21(12-14-22)29-27(33)30-26-20(3)7-6-8-23(26)28/h4-10,19,21-22H,11-18H2,1-3H3,(H2,29,30,33). The second-order valence-electron chi connectivity index (χ2n) is 9.69. The summed E-state index contributed by atoms with van der Waals surface area (Å²) in [7, 11) is 0. The van der Waals surface area contributed by atoms with E-state index in [1.54, 1.807) is 6.07 Å². The Bertz CT molecular complexity index is 947. The Balaban J connectivity index is 1.23. The first kappa shape index (κ1) is 24.7. The smallest absolute Gasteiger partial charge is 0.319 e. The minimum atomic E-state index is -0.171. The average Bonchev–Trinajstić information content (AvgIpc) is 2.82. The molecule has 4 rings (SSSR count). The van der Waals surface area contributed by atoms with Gasteiger partial charge in [-0.1, -0.05) is 35.9 Å². The van der Waals surface area contributed by atoms with E-state index < -0.39 is 0 Å². The molecule has 1 aliphatic heterocycles. The van der Waals surface area contributed by atoms with E-state index in [2.05, 4.69) is 52.5 Å². The van der Waals surface area contributed by atoms with Crippen LogP contribution in [-0.2, 0) is 0 Å². The first-order valence-electron chi connectivity index (χ1n) is 12.5. The van der Waals surface area contributed by atoms with E-state index in [-0.39, 0.29) is 18.2 Å². The number of urea groups is 1. The van der Waals surface area contributed by atoms with Crippen LogP contribution in [-0.4, -0.2) is 55.3 Å². The van der Waals surface area contributed by atoms with Crippen molar-refractivity contribution in [3.05, 3.63) is 53.1 Å². The van der Waals surface area contributed by atoms with E-state index in [9.17, 15) is 4.79 Å². The lowest BCUT2D eigenvalue weighted by molar-refractivity contribution is 0.137. The van der Waals surface area contributed by atoms with Gasteiger partial charge in [0.05, 0.1) is 22.5 Å². The van der Waals surface area contributed by atoms with Crippen LogP contribution >= 0.6 is 11.6 Å². The van der Waals surface area contributed by atoms with Gasteiger partial charge in [-0.05, 0) is 70.2 Å². The summed E-state index contributed by atoms with van der Waals surface area (Å²) in [4.78, 5) is 17.6. The number of anilines is 2. The van der Waals surface area contributed by atoms with Gasteiger partial charge in [0.25, 0.3) is 0 Å². The second-order valence-corrected chi connectivity index (χ2v) is 10.1. The molecule has 0 atom stereocenters. The number of hydrogen-bond acceptors (Lipinski definition) is 4. The molecule has 7 heteroatoms. The Morgan fingerprint density at radius 2 is 1.71 bits per heavy atom. The Labute approximate surface area is 208 Å². The largest absolute Gasteiger partial charge is 0.489 e. The third-order valence-corrected chi connectivity index (χ3v) is 7.21. The number of piperazine rings is 1. The number of amides is 2. The van der Waals surface area contributed by atoms with Crippen molar-refractivity contribution in [3.8, 4) is 5.75 Å². The fraction of sp³-hybridized carbons (Fsp3) is 0.519. The molecule has 2 amide bonds. The maximum absolute atomic E-state index is 12.5. The van der Waals surface area contributed by atoms with Gasteiger partial charge in [0.2, 0.25) is 0 Å². The maximum Gasteiger partial charge on any atom is 0.319 e. The van der Waals surface area contributed by atoms with Crippen LogP contribution in [0.1, 0.15) is 45.1 Å². The molecule has 0 bridgehead atoms. The van der Waals surface area contributed by atoms with Crippen LogP contribution in [0.3, 0.4) is 0 Å². The van der Waals surface area contributed by atoms with E-state index in [0.717, 1.165) is 63.2 Å². The Morgan fingerprint density at radius 3 is 2.38 bits per heavy atom. The highest BCUT2D eigenvalue weighted by Gasteiger charge is 2.29. The number of para-hydroxylation sites is 3. The fourth-order valence-corrected chi connectivity index (χ4v) is 5.38. The monoisotopic (exact) mass is 484 g/mol. The summed E-state index contributed by atoms with van der Waals surface area (Å²) >= 11 is 6.24. The molecular weight excluding hydrogens is 448 g/mol. The topological polar surface area (TPSA) is 56.8 Å². The molecule has 1 aliphatic carbocycles. The maximum atomic E-state index is 12.5. The van der Waals surface area contributed by atoms with Gasteiger partial charge in [-0.15, -0.1) is 0 Å². The molecule has 184 valence electrons. The first-order valence-corrected chi connectivity index (χ1v) is 12.9. The SMILES string of the molecule is Cc1cccc(Cl)c1NC(=O)NC1CCC(N2CCN(c3ccccc3OC(C)C)CC2)CC1. The van der Waals surface area contributed by atoms with Crippen LogP contribution in [0.4, 0.5) is 16.2 Å². The van der Waals surface area contributed by atoms with Gasteiger partial charge in [-0.2, -0.15) is 0 Å². The third-order valence-electron chi connectivity index (χ3n) is 6.89. The zero-order valence-electron chi connectivity index (χ0n) is 20.5. The molecule has 2 fully saturated rings. The minimum absolute atomic E-state index is 0.169. The van der Waals surface area contributed by atoms with Gasteiger partial charge >= 0.3 is 6.03 Å². The lowest BCUT2D eigenvalue weighted by atomic mass is 9.90. The van der Waals surface area contributed by atoms with Crippen molar-refractivity contribution in [2.45, 2.75) is 64.6 Å². The molecule has 1 saturated heterocycles. The van der Waals surface area contributed by atoms with Crippen molar-refractivity contribution in [3.63, 3.8) is 0 Å². The molecule has 1 heterocycles. The van der Waals surface area contributed by atoms with Crippen LogP contribution in [0.15, 0.2) is 42.5 Å². The molecule has 0 unspecified atom stereocenters. The molecule has 6 nitrogen and oxygen atoms in total. The van der Waals surface area contributed by atoms with E-state index in [0.29, 0.717) is 16.8 Å². The number of nitrogens with zero attached hydrogens (tertiary/aromatic N) is 2. The van der Waals surface area contributed by atoms with Gasteiger partial charge in [0, 0.05) is 38.3 Å². The molecule has 0 aromatic heterocycles. The number of aryl methyl sites for hydroxylation is 1. The first-order chi connectivity index (χ1) is 16.4. The quantitative estimate of drug-likeness (QED) is 0.553. The Kier molecular flexibility index (Phi) is 8.22. The number of halogens is 1. The number of hydrogen-bond donors (Lipinski definition) is 2. The third kappa shape index (κ3) is 6.16. The highest BCUT2D eigenvalue weighted by atomic mass is 35.5. The summed E-state index contributed by atoms with van der Waals surface area (Å²) < 4.78 is 6.03. The van der Waals surface area contributed by atoms with Gasteiger partial charge in [0.15, 0.2) is 0 Å². The highest BCUT2D eigenvalue weighted by molar-refractivity contribution is 6.33. The molecule has 1 saturated carbocycles. The number of benzene rings is 2. The van der Waals surface area contributed by atoms with Gasteiger partial charge < -0.3 is 20.3 Å². The average molecular weight is 485 g/mol. The zero-order valence-corrected chi connectivity index (χ0v) is 21.3. The van der Waals surface area contributed by atoms with Crippen LogP contribution in [0, 0.1) is 6.92 Å². The molecule has 34 heavy (non-hydrogen) atoms. The van der Waals surface area contributed by atoms with Gasteiger partial charge in [-0.3, -0.25) is 4.90 Å². The normalized spacial score (nSPS) is 21.4. The number of carbonyl (C=O) groups excluding carboxylic acids is 1. The summed E-state index contributed by atoms with van der Waals surface area (Å²) in [6.07, 6.45) is 4.41. The molecule has 0 spiro atoms. The van der Waals surface area contributed by atoms with Crippen molar-refractivity contribution < 1.29 is 9.53 Å². The van der Waals surface area contributed by atoms with Crippen LogP contribution in [0.5, 0.6) is 5.75 Å². The van der Waals surface area contributed by atoms with Crippen LogP contribution in [0.2, 0.25) is 5.02 Å². The number of ether oxygens (including phenoxy) is 1. The minimum Gasteiger partial charge on any atom is -0.489 e. The van der Waals surface area contributed by atoms with Crippen molar-refractivity contribution in [2.75, 3.05) is 36.4 Å². The second kappa shape index (κ2) is 11.3. The number of nitrogens with one attached hydrogen (secondary N) is 2. The number of carbonyl (C=O) groups is 1. The molecule has 2 aromatic carbocycles. The van der Waals surface area contributed by atoms with Gasteiger partial charge in [0.1, 0.15) is 5.75 Å². The fourth-order valence-electron chi connectivity index (χ4n) is 5.11. The summed E-state index contributed by atoms with van der Waals surface area (Å²) in [6, 6.07) is 14.6. The zero-order chi connectivity index (χ0) is 24.1. The molecular formula is C27H37ClN4O2. The number of rotatable bonds is 6. The van der Waals surface area contributed by atoms with Gasteiger partial charge in [-0.25, -0.2) is 4.79 Å². The molecule has 2 aliphatic rings. The van der Waals surface area contributed by atoms with E-state index in [4.69, 9.17) is 16.3 Å². The van der Waals surface area contributed by atoms with Crippen molar-refractivity contribution >= 4 is 29.0 Å². The Hall–Kier alpha value is -2.44. The summed E-state index contributed by atoms with van der Waals surface area (Å²) in [5.41, 5.74) is 2.85. The lowest BCUT2D eigenvalue weighted by Crippen LogP contribution is -2.52. The predicted molar refractivity (Wildman–Crippen MR) is 140 cm³/mol. The summed E-state index contributed by atoms with van der Waals surface area (Å²) in [6.45, 7) is 10.2. The Morgan fingerprint density at radius 1 is 1.00 bits per heavy atom. The van der Waals surface area contributed by atoms with Crippen LogP contribution in [0.25, 0.3) is 0 Å². The molecule has 2 N–H and O–H groups in total. The summed E-state index contributed by atoms with van der Waals surface area (Å²) in [5, 5.41) is 6.64. The lowest BCUT2D eigenvalue weighted by Gasteiger charge is -2.43. The predicted octanol–water partition coefficient (Wildman–Crippen LogP) is 5.69. The van der Waals surface area contributed by atoms with E-state index in [1.807, 2.05) is 25.1 Å². The van der Waals surface area contributed by atoms with Crippen molar-refractivity contribution in [2.24, 2.45) is 0 Å². The van der Waals surface area contributed by atoms with E-state index in [1.165, 1.54) is 5.69 Å². The summed E-state index contributed by atoms with van der Waals surface area (Å²) in [5.74, 6) is 0.975. The highest BCUT2D eigenvalue weighted by Crippen LogP contribution is 2.31. The molecule has 0 radical (unpaired) electrons. The van der Waals surface area contributed by atoms with Crippen LogP contribution < -0.4 is 20.3 Å².